The van der Waals surface area contributed by atoms with Gasteiger partial charge in [0, 0.05) is 32.4 Å². The van der Waals surface area contributed by atoms with Gasteiger partial charge in [0.25, 0.3) is 11.6 Å². The summed E-state index contributed by atoms with van der Waals surface area (Å²) in [6, 6.07) is 1.80. The fraction of sp³-hybridized carbons (Fsp3) is 0.632. The van der Waals surface area contributed by atoms with Gasteiger partial charge in [-0.15, -0.1) is 0 Å². The van der Waals surface area contributed by atoms with Gasteiger partial charge in [-0.2, -0.15) is 0 Å². The molecule has 3 heterocycles. The van der Waals surface area contributed by atoms with Crippen LogP contribution in [0.3, 0.4) is 0 Å². The maximum atomic E-state index is 12.5. The van der Waals surface area contributed by atoms with Gasteiger partial charge in [0.1, 0.15) is 0 Å². The van der Waals surface area contributed by atoms with Crippen molar-refractivity contribution in [3.63, 3.8) is 0 Å². The van der Waals surface area contributed by atoms with E-state index in [0.717, 1.165) is 30.7 Å². The summed E-state index contributed by atoms with van der Waals surface area (Å²) < 4.78 is 11.0. The Kier molecular flexibility index (Phi) is 5.88. The number of fused-ring (bicyclic) bond motifs is 1. The van der Waals surface area contributed by atoms with Crippen LogP contribution in [-0.2, 0) is 4.74 Å². The molecular weight excluding hydrogens is 332 g/mol. The number of morpholine rings is 1. The molecule has 142 valence electrons. The van der Waals surface area contributed by atoms with Crippen LogP contribution >= 0.6 is 0 Å². The number of nitrogens with zero attached hydrogens (tertiary/aromatic N) is 3. The Bertz CT molecular complexity index is 756. The molecule has 0 saturated carbocycles. The number of rotatable bonds is 6. The minimum atomic E-state index is -0.153. The normalized spacial score (nSPS) is 18.8. The van der Waals surface area contributed by atoms with Crippen molar-refractivity contribution in [3.8, 4) is 0 Å². The zero-order valence-corrected chi connectivity index (χ0v) is 16.0. The first-order chi connectivity index (χ1) is 12.4. The number of ether oxygens (including phenoxy) is 1. The summed E-state index contributed by atoms with van der Waals surface area (Å²) in [4.78, 5) is 19.1. The van der Waals surface area contributed by atoms with Gasteiger partial charge in [-0.3, -0.25) is 9.69 Å². The molecule has 1 fully saturated rings. The van der Waals surface area contributed by atoms with Gasteiger partial charge in [0.05, 0.1) is 29.4 Å². The molecule has 0 bridgehead atoms. The predicted octanol–water partition coefficient (Wildman–Crippen LogP) is 2.43. The topological polar surface area (TPSA) is 80.5 Å². The first-order valence-corrected chi connectivity index (χ1v) is 9.31. The van der Waals surface area contributed by atoms with Crippen molar-refractivity contribution in [3.05, 3.63) is 23.5 Å². The summed E-state index contributed by atoms with van der Waals surface area (Å²) in [5, 5.41) is 7.81. The molecule has 26 heavy (non-hydrogen) atoms. The molecule has 3 rings (SSSR count). The predicted molar refractivity (Wildman–Crippen MR) is 99.2 cm³/mol. The molecule has 1 N–H and O–H groups in total. The maximum Gasteiger partial charge on any atom is 0.257 e. The van der Waals surface area contributed by atoms with Crippen molar-refractivity contribution >= 4 is 17.0 Å². The van der Waals surface area contributed by atoms with Gasteiger partial charge in [0.15, 0.2) is 0 Å². The Morgan fingerprint density at radius 1 is 1.38 bits per heavy atom. The summed E-state index contributed by atoms with van der Waals surface area (Å²) in [7, 11) is 0. The third-order valence-electron chi connectivity index (χ3n) is 4.50. The van der Waals surface area contributed by atoms with Crippen LogP contribution in [0.5, 0.6) is 0 Å². The van der Waals surface area contributed by atoms with Gasteiger partial charge in [-0.1, -0.05) is 32.9 Å². The van der Waals surface area contributed by atoms with E-state index in [-0.39, 0.29) is 17.9 Å². The summed E-state index contributed by atoms with van der Waals surface area (Å²) >= 11 is 0. The molecule has 7 heteroatoms. The minimum Gasteiger partial charge on any atom is -0.374 e. The lowest BCUT2D eigenvalue weighted by atomic mass is 10.1. The van der Waals surface area contributed by atoms with E-state index in [4.69, 9.17) is 9.26 Å². The van der Waals surface area contributed by atoms with Crippen molar-refractivity contribution < 1.29 is 14.1 Å². The molecule has 7 nitrogen and oxygen atoms in total. The summed E-state index contributed by atoms with van der Waals surface area (Å²) in [6.45, 7) is 12.6. The third kappa shape index (κ3) is 4.40. The van der Waals surface area contributed by atoms with Crippen molar-refractivity contribution in [1.29, 1.82) is 0 Å². The van der Waals surface area contributed by atoms with Gasteiger partial charge in [-0.25, -0.2) is 4.98 Å². The lowest BCUT2D eigenvalue weighted by Gasteiger charge is -2.33. The Balaban J connectivity index is 1.61. The van der Waals surface area contributed by atoms with Gasteiger partial charge in [0.2, 0.25) is 0 Å². The van der Waals surface area contributed by atoms with E-state index in [1.807, 2.05) is 13.8 Å². The molecule has 0 spiro atoms. The number of nitrogens with one attached hydrogen (secondary N) is 1. The Hall–Kier alpha value is -1.99. The molecular formula is C19H28N4O3. The molecule has 2 aromatic heterocycles. The van der Waals surface area contributed by atoms with Crippen molar-refractivity contribution in [2.75, 3.05) is 32.8 Å². The van der Waals surface area contributed by atoms with Crippen LogP contribution in [0.25, 0.3) is 11.1 Å². The summed E-state index contributed by atoms with van der Waals surface area (Å²) in [6.07, 6.45) is 1.55. The molecule has 0 aromatic carbocycles. The van der Waals surface area contributed by atoms with Gasteiger partial charge in [-0.05, 0) is 17.9 Å². The van der Waals surface area contributed by atoms with Crippen LogP contribution < -0.4 is 5.32 Å². The molecule has 1 atom stereocenters. The fourth-order valence-corrected chi connectivity index (χ4v) is 3.29. The summed E-state index contributed by atoms with van der Waals surface area (Å²) in [5.74, 6) is 0.679. The second-order valence-electron chi connectivity index (χ2n) is 7.66. The molecule has 1 saturated heterocycles. The highest BCUT2D eigenvalue weighted by Crippen LogP contribution is 2.24. The molecule has 0 aliphatic carbocycles. The van der Waals surface area contributed by atoms with Crippen LogP contribution in [0.1, 0.15) is 49.7 Å². The van der Waals surface area contributed by atoms with Crippen LogP contribution in [-0.4, -0.2) is 59.8 Å². The van der Waals surface area contributed by atoms with E-state index in [9.17, 15) is 4.79 Å². The molecule has 1 amide bonds. The monoisotopic (exact) mass is 360 g/mol. The summed E-state index contributed by atoms with van der Waals surface area (Å²) in [5.41, 5.74) is 1.80. The van der Waals surface area contributed by atoms with Crippen LogP contribution in [0.2, 0.25) is 0 Å². The fourth-order valence-electron chi connectivity index (χ4n) is 3.29. The molecule has 0 radical (unpaired) electrons. The van der Waals surface area contributed by atoms with Gasteiger partial charge >= 0.3 is 0 Å². The first kappa shape index (κ1) is 18.8. The highest BCUT2D eigenvalue weighted by atomic mass is 16.5. The average molecular weight is 360 g/mol. The third-order valence-corrected chi connectivity index (χ3v) is 4.50. The highest BCUT2D eigenvalue weighted by Gasteiger charge is 2.22. The van der Waals surface area contributed by atoms with E-state index in [1.54, 1.807) is 6.07 Å². The minimum absolute atomic E-state index is 0.0185. The zero-order valence-electron chi connectivity index (χ0n) is 16.0. The lowest BCUT2D eigenvalue weighted by molar-refractivity contribution is -0.0295. The molecule has 0 unspecified atom stereocenters. The number of carbonyl (C=O) groups excluding carboxylic acids is 1. The van der Waals surface area contributed by atoms with Crippen LogP contribution in [0.4, 0.5) is 0 Å². The highest BCUT2D eigenvalue weighted by molar-refractivity contribution is 5.97. The molecule has 1 aliphatic heterocycles. The number of amides is 1. The smallest absolute Gasteiger partial charge is 0.257 e. The van der Waals surface area contributed by atoms with Crippen molar-refractivity contribution in [1.82, 2.24) is 20.4 Å². The second kappa shape index (κ2) is 8.14. The van der Waals surface area contributed by atoms with E-state index in [0.29, 0.717) is 30.3 Å². The molecule has 2 aromatic rings. The molecule has 1 aliphatic rings. The van der Waals surface area contributed by atoms with Crippen molar-refractivity contribution in [2.45, 2.75) is 39.7 Å². The number of carbonyl (C=O) groups is 1. The number of hydrogen-bond acceptors (Lipinski definition) is 6. The Morgan fingerprint density at radius 2 is 2.19 bits per heavy atom. The van der Waals surface area contributed by atoms with E-state index < -0.39 is 0 Å². The number of hydrogen-bond donors (Lipinski definition) is 1. The number of aromatic nitrogens is 2. The lowest BCUT2D eigenvalue weighted by Crippen LogP contribution is -2.48. The second-order valence-corrected chi connectivity index (χ2v) is 7.66. The maximum absolute atomic E-state index is 12.5. The largest absolute Gasteiger partial charge is 0.374 e. The standard InChI is InChI=1S/C19H28N4O3/c1-12(2)10-23-5-6-25-15(11-23)9-20-18(24)14-7-16-17(13(3)4)22-26-19(16)21-8-14/h7-8,12-13,15H,5-6,9-11H2,1-4H3,(H,20,24)/t15-/m0/s1. The quantitative estimate of drug-likeness (QED) is 0.852. The van der Waals surface area contributed by atoms with E-state index in [2.05, 4.69) is 34.2 Å². The zero-order chi connectivity index (χ0) is 18.7. The van der Waals surface area contributed by atoms with E-state index in [1.165, 1.54) is 6.20 Å². The first-order valence-electron chi connectivity index (χ1n) is 9.31. The van der Waals surface area contributed by atoms with Crippen molar-refractivity contribution in [2.24, 2.45) is 5.92 Å². The van der Waals surface area contributed by atoms with Gasteiger partial charge < -0.3 is 14.6 Å². The number of pyridine rings is 1. The average Bonchev–Trinajstić information content (AvgIpc) is 3.02. The van der Waals surface area contributed by atoms with Crippen LogP contribution in [0.15, 0.2) is 16.8 Å². The Labute approximate surface area is 154 Å². The SMILES string of the molecule is CC(C)CN1CCO[C@@H](CNC(=O)c2cnc3onc(C(C)C)c3c2)C1. The Morgan fingerprint density at radius 3 is 2.92 bits per heavy atom. The van der Waals surface area contributed by atoms with Crippen LogP contribution in [0, 0.1) is 5.92 Å². The van der Waals surface area contributed by atoms with E-state index >= 15 is 0 Å².